The quantitative estimate of drug-likeness (QED) is 0.411. The van der Waals surface area contributed by atoms with E-state index in [2.05, 4.69) is 19.6 Å². The standard InChI is InChI=1S/C23H50N4O4/c1-20(28)16-24-8-5-9-25(17-21(2)29)11-7-13-27(19-23(4)31)15-14-26(12-6-10-24)18-22(3)30/h20-23,28-31H,5-19H2,1-4H3. The number of β-amino-alcohol motifs (C(OH)–C–C–N with tert-alkyl or cyclic N) is 4. The molecule has 1 heterocycles. The number of rotatable bonds is 8. The van der Waals surface area contributed by atoms with Crippen molar-refractivity contribution in [2.24, 2.45) is 0 Å². The molecule has 1 aliphatic rings. The molecule has 31 heavy (non-hydrogen) atoms. The average molecular weight is 447 g/mol. The predicted octanol–water partition coefficient (Wildman–Crippen LogP) is -0.0985. The number of nitrogens with zero attached hydrogens (tertiary/aromatic N) is 4. The Hall–Kier alpha value is -0.320. The van der Waals surface area contributed by atoms with Crippen LogP contribution in [0.1, 0.15) is 47.0 Å². The molecule has 0 aromatic heterocycles. The number of aliphatic hydroxyl groups is 4. The van der Waals surface area contributed by atoms with E-state index in [0.717, 1.165) is 71.6 Å². The van der Waals surface area contributed by atoms with Crippen molar-refractivity contribution in [3.05, 3.63) is 0 Å². The predicted molar refractivity (Wildman–Crippen MR) is 126 cm³/mol. The van der Waals surface area contributed by atoms with Gasteiger partial charge in [-0.3, -0.25) is 9.80 Å². The first kappa shape index (κ1) is 28.7. The molecule has 0 aromatic carbocycles. The van der Waals surface area contributed by atoms with E-state index in [1.165, 1.54) is 0 Å². The van der Waals surface area contributed by atoms with Gasteiger partial charge in [-0.2, -0.15) is 0 Å². The van der Waals surface area contributed by atoms with Crippen LogP contribution in [0.4, 0.5) is 0 Å². The van der Waals surface area contributed by atoms with Crippen LogP contribution in [0, 0.1) is 0 Å². The fourth-order valence-corrected chi connectivity index (χ4v) is 4.51. The molecule has 1 saturated heterocycles. The molecule has 8 nitrogen and oxygen atoms in total. The van der Waals surface area contributed by atoms with Gasteiger partial charge in [-0.1, -0.05) is 0 Å². The van der Waals surface area contributed by atoms with E-state index in [1.807, 2.05) is 27.7 Å². The maximum Gasteiger partial charge on any atom is 0.0639 e. The van der Waals surface area contributed by atoms with Crippen LogP contribution in [-0.4, -0.2) is 143 Å². The van der Waals surface area contributed by atoms with Crippen LogP contribution in [-0.2, 0) is 0 Å². The van der Waals surface area contributed by atoms with Gasteiger partial charge in [0.15, 0.2) is 0 Å². The van der Waals surface area contributed by atoms with E-state index in [0.29, 0.717) is 26.2 Å². The Morgan fingerprint density at radius 2 is 0.613 bits per heavy atom. The molecule has 0 saturated carbocycles. The van der Waals surface area contributed by atoms with Crippen LogP contribution in [0.3, 0.4) is 0 Å². The molecule has 8 heteroatoms. The molecular weight excluding hydrogens is 396 g/mol. The lowest BCUT2D eigenvalue weighted by atomic mass is 10.2. The third-order valence-electron chi connectivity index (χ3n) is 5.67. The maximum absolute atomic E-state index is 9.93. The van der Waals surface area contributed by atoms with Gasteiger partial charge in [0.05, 0.1) is 24.4 Å². The summed E-state index contributed by atoms with van der Waals surface area (Å²) in [4.78, 5) is 9.32. The first-order chi connectivity index (χ1) is 14.7. The molecule has 0 aliphatic carbocycles. The Morgan fingerprint density at radius 3 is 0.806 bits per heavy atom. The second-order valence-corrected chi connectivity index (χ2v) is 9.66. The van der Waals surface area contributed by atoms with E-state index < -0.39 is 0 Å². The monoisotopic (exact) mass is 446 g/mol. The lowest BCUT2D eigenvalue weighted by Crippen LogP contribution is -2.42. The van der Waals surface area contributed by atoms with Gasteiger partial charge in [0, 0.05) is 39.3 Å². The van der Waals surface area contributed by atoms with Gasteiger partial charge in [0.2, 0.25) is 0 Å². The normalized spacial score (nSPS) is 24.8. The van der Waals surface area contributed by atoms with Crippen molar-refractivity contribution >= 4 is 0 Å². The van der Waals surface area contributed by atoms with Crippen molar-refractivity contribution in [1.29, 1.82) is 0 Å². The van der Waals surface area contributed by atoms with E-state index in [9.17, 15) is 20.4 Å². The lowest BCUT2D eigenvalue weighted by molar-refractivity contribution is 0.0895. The second-order valence-electron chi connectivity index (χ2n) is 9.66. The minimum absolute atomic E-state index is 0.349. The molecule has 4 atom stereocenters. The van der Waals surface area contributed by atoms with E-state index >= 15 is 0 Å². The minimum atomic E-state index is -0.366. The largest absolute Gasteiger partial charge is 0.392 e. The molecule has 186 valence electrons. The van der Waals surface area contributed by atoms with E-state index in [1.54, 1.807) is 0 Å². The second kappa shape index (κ2) is 16.3. The third kappa shape index (κ3) is 15.2. The van der Waals surface area contributed by atoms with Gasteiger partial charge in [0.1, 0.15) is 0 Å². The fraction of sp³-hybridized carbons (Fsp3) is 1.00. The summed E-state index contributed by atoms with van der Waals surface area (Å²) < 4.78 is 0. The Labute approximate surface area is 190 Å². The van der Waals surface area contributed by atoms with Gasteiger partial charge in [-0.15, -0.1) is 0 Å². The van der Waals surface area contributed by atoms with Crippen molar-refractivity contribution in [3.8, 4) is 0 Å². The highest BCUT2D eigenvalue weighted by molar-refractivity contribution is 4.72. The third-order valence-corrected chi connectivity index (χ3v) is 5.67. The van der Waals surface area contributed by atoms with Crippen molar-refractivity contribution in [1.82, 2.24) is 19.6 Å². The minimum Gasteiger partial charge on any atom is -0.392 e. The highest BCUT2D eigenvalue weighted by Gasteiger charge is 2.17. The van der Waals surface area contributed by atoms with Gasteiger partial charge >= 0.3 is 0 Å². The molecular formula is C23H50N4O4. The zero-order valence-corrected chi connectivity index (χ0v) is 20.5. The van der Waals surface area contributed by atoms with Crippen molar-refractivity contribution in [3.63, 3.8) is 0 Å². The summed E-state index contributed by atoms with van der Waals surface area (Å²) >= 11 is 0. The number of hydrogen-bond acceptors (Lipinski definition) is 8. The average Bonchev–Trinajstić information content (AvgIpc) is 2.63. The lowest BCUT2D eigenvalue weighted by Gasteiger charge is -2.30. The molecule has 0 aromatic rings. The molecule has 1 fully saturated rings. The van der Waals surface area contributed by atoms with Crippen LogP contribution in [0.25, 0.3) is 0 Å². The van der Waals surface area contributed by atoms with Gasteiger partial charge in [0.25, 0.3) is 0 Å². The molecule has 1 aliphatic heterocycles. The Morgan fingerprint density at radius 1 is 0.419 bits per heavy atom. The number of hydrogen-bond donors (Lipinski definition) is 4. The fourth-order valence-electron chi connectivity index (χ4n) is 4.51. The topological polar surface area (TPSA) is 93.9 Å². The van der Waals surface area contributed by atoms with Crippen LogP contribution in [0.15, 0.2) is 0 Å². The zero-order valence-electron chi connectivity index (χ0n) is 20.5. The maximum atomic E-state index is 9.93. The molecule has 0 radical (unpaired) electrons. The van der Waals surface area contributed by atoms with Crippen LogP contribution in [0.5, 0.6) is 0 Å². The smallest absolute Gasteiger partial charge is 0.0639 e. The molecule has 4 N–H and O–H groups in total. The summed E-state index contributed by atoms with van der Waals surface area (Å²) in [6, 6.07) is 0. The Kier molecular flexibility index (Phi) is 15.1. The first-order valence-corrected chi connectivity index (χ1v) is 12.3. The summed E-state index contributed by atoms with van der Waals surface area (Å²) in [5.41, 5.74) is 0. The van der Waals surface area contributed by atoms with Crippen molar-refractivity contribution in [2.45, 2.75) is 71.4 Å². The zero-order chi connectivity index (χ0) is 23.2. The van der Waals surface area contributed by atoms with Crippen molar-refractivity contribution in [2.75, 3.05) is 78.5 Å². The van der Waals surface area contributed by atoms with Crippen molar-refractivity contribution < 1.29 is 20.4 Å². The Balaban J connectivity index is 2.84. The van der Waals surface area contributed by atoms with Gasteiger partial charge < -0.3 is 30.2 Å². The summed E-state index contributed by atoms with van der Waals surface area (Å²) in [5, 5.41) is 39.7. The molecule has 0 spiro atoms. The van der Waals surface area contributed by atoms with E-state index in [4.69, 9.17) is 0 Å². The SMILES string of the molecule is CC(O)CN1CCCN(CC(C)O)CCCN(CC(C)O)CCN(CC(C)O)CCC1. The summed E-state index contributed by atoms with van der Waals surface area (Å²) in [5.74, 6) is 0. The Bertz CT molecular complexity index is 400. The van der Waals surface area contributed by atoms with E-state index in [-0.39, 0.29) is 24.4 Å². The molecule has 1 rings (SSSR count). The van der Waals surface area contributed by atoms with Crippen LogP contribution < -0.4 is 0 Å². The molecule has 4 unspecified atom stereocenters. The van der Waals surface area contributed by atoms with Crippen LogP contribution >= 0.6 is 0 Å². The molecule has 0 bridgehead atoms. The van der Waals surface area contributed by atoms with Gasteiger partial charge in [-0.05, 0) is 86.2 Å². The molecule has 0 amide bonds. The highest BCUT2D eigenvalue weighted by atomic mass is 16.3. The summed E-state index contributed by atoms with van der Waals surface area (Å²) in [7, 11) is 0. The summed E-state index contributed by atoms with van der Waals surface area (Å²) in [6.07, 6.45) is 1.57. The highest BCUT2D eigenvalue weighted by Crippen LogP contribution is 2.06. The number of aliphatic hydroxyl groups excluding tert-OH is 4. The van der Waals surface area contributed by atoms with Crippen LogP contribution in [0.2, 0.25) is 0 Å². The first-order valence-electron chi connectivity index (χ1n) is 12.3. The van der Waals surface area contributed by atoms with Gasteiger partial charge in [-0.25, -0.2) is 0 Å². The summed E-state index contributed by atoms with van der Waals surface area (Å²) in [6.45, 7) is 17.3.